The summed E-state index contributed by atoms with van der Waals surface area (Å²) in [5, 5.41) is 2.18. The molecule has 3 nitrogen and oxygen atoms in total. The SMILES string of the molecule is CCCN(CCc1cccs1)C1CCc2c(cccc2OC(=O)CCC(C)CC(C)C(C)C(C)CC)C1. The smallest absolute Gasteiger partial charge is 0.311 e. The van der Waals surface area contributed by atoms with Crippen LogP contribution in [0.3, 0.4) is 0 Å². The standard InChI is InChI=1S/C33H51NO2S/c1-7-19-34(20-18-30-12-10-21-37-30)29-15-16-31-28(23-29)11-9-13-32(31)36-33(35)17-14-24(3)22-26(5)27(6)25(4)8-2/h9-13,21,24-27,29H,7-8,14-20,22-23H2,1-6H3. The molecule has 0 radical (unpaired) electrons. The van der Waals surface area contributed by atoms with Gasteiger partial charge in [0.25, 0.3) is 0 Å². The maximum absolute atomic E-state index is 12.8. The van der Waals surface area contributed by atoms with Gasteiger partial charge >= 0.3 is 5.97 Å². The minimum absolute atomic E-state index is 0.0754. The van der Waals surface area contributed by atoms with Gasteiger partial charge in [0.1, 0.15) is 5.75 Å². The van der Waals surface area contributed by atoms with Gasteiger partial charge in [-0.05, 0) is 104 Å². The van der Waals surface area contributed by atoms with Crippen molar-refractivity contribution in [2.24, 2.45) is 23.7 Å². The zero-order valence-electron chi connectivity index (χ0n) is 24.3. The molecule has 0 N–H and O–H groups in total. The highest BCUT2D eigenvalue weighted by atomic mass is 32.1. The van der Waals surface area contributed by atoms with Gasteiger partial charge in [0.05, 0.1) is 0 Å². The molecule has 2 aromatic rings. The van der Waals surface area contributed by atoms with Crippen LogP contribution in [0.25, 0.3) is 0 Å². The average molecular weight is 526 g/mol. The van der Waals surface area contributed by atoms with E-state index in [1.807, 2.05) is 17.4 Å². The molecule has 3 rings (SSSR count). The van der Waals surface area contributed by atoms with Gasteiger partial charge in [-0.2, -0.15) is 0 Å². The zero-order chi connectivity index (χ0) is 26.8. The van der Waals surface area contributed by atoms with Crippen LogP contribution in [-0.4, -0.2) is 30.0 Å². The van der Waals surface area contributed by atoms with E-state index in [2.05, 4.69) is 76.1 Å². The number of thiophene rings is 1. The molecular weight excluding hydrogens is 474 g/mol. The average Bonchev–Trinajstić information content (AvgIpc) is 3.42. The molecule has 1 heterocycles. The Morgan fingerprint density at radius 2 is 1.89 bits per heavy atom. The summed E-state index contributed by atoms with van der Waals surface area (Å²) in [5.41, 5.74) is 2.62. The number of fused-ring (bicyclic) bond motifs is 1. The lowest BCUT2D eigenvalue weighted by molar-refractivity contribution is -0.134. The first-order valence-corrected chi connectivity index (χ1v) is 15.8. The molecule has 0 saturated heterocycles. The van der Waals surface area contributed by atoms with E-state index < -0.39 is 0 Å². The van der Waals surface area contributed by atoms with Crippen molar-refractivity contribution < 1.29 is 9.53 Å². The predicted molar refractivity (Wildman–Crippen MR) is 159 cm³/mol. The second-order valence-corrected chi connectivity index (χ2v) is 12.8. The Hall–Kier alpha value is -1.65. The van der Waals surface area contributed by atoms with Crippen molar-refractivity contribution >= 4 is 17.3 Å². The fourth-order valence-corrected chi connectivity index (χ4v) is 6.77. The molecule has 206 valence electrons. The van der Waals surface area contributed by atoms with Gasteiger partial charge in [-0.25, -0.2) is 0 Å². The molecule has 1 aliphatic rings. The number of nitrogens with zero attached hydrogens (tertiary/aromatic N) is 1. The van der Waals surface area contributed by atoms with Gasteiger partial charge in [-0.15, -0.1) is 11.3 Å². The molecule has 0 amide bonds. The number of esters is 1. The third-order valence-electron chi connectivity index (χ3n) is 8.94. The predicted octanol–water partition coefficient (Wildman–Crippen LogP) is 8.59. The van der Waals surface area contributed by atoms with Gasteiger partial charge in [-0.3, -0.25) is 9.69 Å². The lowest BCUT2D eigenvalue weighted by Gasteiger charge is -2.35. The number of hydrogen-bond acceptors (Lipinski definition) is 4. The van der Waals surface area contributed by atoms with Gasteiger partial charge < -0.3 is 4.74 Å². The van der Waals surface area contributed by atoms with E-state index >= 15 is 0 Å². The number of ether oxygens (including phenoxy) is 1. The summed E-state index contributed by atoms with van der Waals surface area (Å²) in [6.07, 6.45) is 9.32. The number of benzene rings is 1. The van der Waals surface area contributed by atoms with Crippen LogP contribution < -0.4 is 4.74 Å². The van der Waals surface area contributed by atoms with Gasteiger partial charge in [0, 0.05) is 23.9 Å². The number of rotatable bonds is 15. The van der Waals surface area contributed by atoms with E-state index in [1.165, 1.54) is 35.3 Å². The van der Waals surface area contributed by atoms with Crippen molar-refractivity contribution in [1.82, 2.24) is 4.90 Å². The van der Waals surface area contributed by atoms with Crippen LogP contribution in [0.2, 0.25) is 0 Å². The number of carbonyl (C=O) groups excluding carboxylic acids is 1. The Morgan fingerprint density at radius 1 is 1.08 bits per heavy atom. The van der Waals surface area contributed by atoms with Gasteiger partial charge in [0.15, 0.2) is 0 Å². The minimum atomic E-state index is -0.0754. The van der Waals surface area contributed by atoms with Crippen LogP contribution in [-0.2, 0) is 24.1 Å². The highest BCUT2D eigenvalue weighted by molar-refractivity contribution is 7.09. The third kappa shape index (κ3) is 8.96. The fourth-order valence-electron chi connectivity index (χ4n) is 6.07. The summed E-state index contributed by atoms with van der Waals surface area (Å²) >= 11 is 1.86. The van der Waals surface area contributed by atoms with E-state index in [-0.39, 0.29) is 5.97 Å². The first-order chi connectivity index (χ1) is 17.8. The Balaban J connectivity index is 1.52. The van der Waals surface area contributed by atoms with Crippen molar-refractivity contribution in [3.8, 4) is 5.75 Å². The topological polar surface area (TPSA) is 29.5 Å². The first kappa shape index (κ1) is 29.9. The van der Waals surface area contributed by atoms with Crippen LogP contribution >= 0.6 is 11.3 Å². The Morgan fingerprint density at radius 3 is 2.59 bits per heavy atom. The monoisotopic (exact) mass is 525 g/mol. The highest BCUT2D eigenvalue weighted by Crippen LogP contribution is 2.33. The van der Waals surface area contributed by atoms with Gasteiger partial charge in [-0.1, -0.05) is 66.2 Å². The minimum Gasteiger partial charge on any atom is -0.426 e. The molecular formula is C33H51NO2S. The van der Waals surface area contributed by atoms with E-state index in [4.69, 9.17) is 4.74 Å². The lowest BCUT2D eigenvalue weighted by Crippen LogP contribution is -2.41. The van der Waals surface area contributed by atoms with Crippen molar-refractivity contribution in [1.29, 1.82) is 0 Å². The van der Waals surface area contributed by atoms with Crippen LogP contribution in [0.5, 0.6) is 5.75 Å². The summed E-state index contributed by atoms with van der Waals surface area (Å²) in [6.45, 7) is 16.2. The quantitative estimate of drug-likeness (QED) is 0.172. The normalized spacial score (nSPS) is 18.7. The molecule has 0 spiro atoms. The van der Waals surface area contributed by atoms with Crippen LogP contribution in [0.15, 0.2) is 35.7 Å². The molecule has 1 aromatic heterocycles. The van der Waals surface area contributed by atoms with E-state index in [9.17, 15) is 4.79 Å². The second kappa shape index (κ2) is 15.1. The third-order valence-corrected chi connectivity index (χ3v) is 9.88. The Bertz CT molecular complexity index is 940. The van der Waals surface area contributed by atoms with Crippen LogP contribution in [0, 0.1) is 23.7 Å². The Kier molecular flexibility index (Phi) is 12.2. The molecule has 5 unspecified atom stereocenters. The van der Waals surface area contributed by atoms with E-state index in [0.717, 1.165) is 62.8 Å². The lowest BCUT2D eigenvalue weighted by atomic mass is 9.79. The molecule has 0 bridgehead atoms. The van der Waals surface area contributed by atoms with Crippen LogP contribution in [0.1, 0.15) is 96.1 Å². The maximum Gasteiger partial charge on any atom is 0.311 e. The van der Waals surface area contributed by atoms with Crippen molar-refractivity contribution in [3.05, 3.63) is 51.7 Å². The zero-order valence-corrected chi connectivity index (χ0v) is 25.1. The summed E-state index contributed by atoms with van der Waals surface area (Å²) < 4.78 is 5.96. The van der Waals surface area contributed by atoms with E-state index in [0.29, 0.717) is 24.3 Å². The summed E-state index contributed by atoms with van der Waals surface area (Å²) in [5.74, 6) is 3.43. The fraction of sp³-hybridized carbons (Fsp3) is 0.667. The molecule has 37 heavy (non-hydrogen) atoms. The second-order valence-electron chi connectivity index (χ2n) is 11.7. The molecule has 0 aliphatic heterocycles. The van der Waals surface area contributed by atoms with Crippen molar-refractivity contribution in [3.63, 3.8) is 0 Å². The molecule has 1 aromatic carbocycles. The van der Waals surface area contributed by atoms with E-state index in [1.54, 1.807) is 0 Å². The molecule has 0 fully saturated rings. The number of carbonyl (C=O) groups is 1. The number of hydrogen-bond donors (Lipinski definition) is 0. The van der Waals surface area contributed by atoms with Gasteiger partial charge in [0.2, 0.25) is 0 Å². The first-order valence-electron chi connectivity index (χ1n) is 14.9. The molecule has 5 atom stereocenters. The van der Waals surface area contributed by atoms with Crippen molar-refractivity contribution in [2.45, 2.75) is 105 Å². The van der Waals surface area contributed by atoms with Crippen LogP contribution in [0.4, 0.5) is 0 Å². The maximum atomic E-state index is 12.8. The summed E-state index contributed by atoms with van der Waals surface area (Å²) in [6, 6.07) is 11.3. The molecule has 0 saturated carbocycles. The molecule has 4 heteroatoms. The largest absolute Gasteiger partial charge is 0.426 e. The molecule has 1 aliphatic carbocycles. The van der Waals surface area contributed by atoms with Crippen molar-refractivity contribution in [2.75, 3.05) is 13.1 Å². The summed E-state index contributed by atoms with van der Waals surface area (Å²) in [4.78, 5) is 17.0. The highest BCUT2D eigenvalue weighted by Gasteiger charge is 2.26. The Labute approximate surface area is 231 Å². The summed E-state index contributed by atoms with van der Waals surface area (Å²) in [7, 11) is 0.